The van der Waals surface area contributed by atoms with Crippen LogP contribution >= 0.6 is 0 Å². The molecule has 0 bridgehead atoms. The largest absolute Gasteiger partial charge is 0.481 e. The fourth-order valence-corrected chi connectivity index (χ4v) is 2.54. The summed E-state index contributed by atoms with van der Waals surface area (Å²) in [7, 11) is 0. The van der Waals surface area contributed by atoms with Crippen LogP contribution < -0.4 is 5.32 Å². The lowest BCUT2D eigenvalue weighted by atomic mass is 9.77. The number of hydrogen-bond donors (Lipinski definition) is 2. The molecule has 0 aromatic carbocycles. The van der Waals surface area contributed by atoms with Crippen LogP contribution in [0.25, 0.3) is 0 Å². The van der Waals surface area contributed by atoms with E-state index in [4.69, 9.17) is 0 Å². The van der Waals surface area contributed by atoms with E-state index in [0.717, 1.165) is 12.8 Å². The molecule has 0 aromatic heterocycles. The molecule has 1 fully saturated rings. The highest BCUT2D eigenvalue weighted by molar-refractivity contribution is 5.85. The van der Waals surface area contributed by atoms with Gasteiger partial charge in [0.2, 0.25) is 5.91 Å². The molecule has 1 saturated carbocycles. The number of carbonyl (C=O) groups excluding carboxylic acids is 1. The van der Waals surface area contributed by atoms with Gasteiger partial charge >= 0.3 is 18.3 Å². The first-order valence-electron chi connectivity index (χ1n) is 6.86. The smallest absolute Gasteiger partial charge is 0.324 e. The zero-order chi connectivity index (χ0) is 16.1. The Hall–Kier alpha value is -1.34. The molecule has 0 radical (unpaired) electrons. The second-order valence-corrected chi connectivity index (χ2v) is 5.51. The SMILES string of the molecule is O=C(CC1(C(=O)O)CCCCCC1)NCC(F)(F)C(F)F. The molecule has 0 atom stereocenters. The van der Waals surface area contributed by atoms with Gasteiger partial charge in [-0.2, -0.15) is 8.78 Å². The van der Waals surface area contributed by atoms with Crippen LogP contribution in [-0.4, -0.2) is 35.9 Å². The van der Waals surface area contributed by atoms with Crippen molar-refractivity contribution in [2.75, 3.05) is 6.54 Å². The number of nitrogens with one attached hydrogen (secondary N) is 1. The minimum atomic E-state index is -4.31. The van der Waals surface area contributed by atoms with Crippen LogP contribution in [0, 0.1) is 5.41 Å². The first-order valence-corrected chi connectivity index (χ1v) is 6.86. The molecule has 0 spiro atoms. The van der Waals surface area contributed by atoms with E-state index in [2.05, 4.69) is 0 Å². The molecular formula is C13H19F4NO3. The molecule has 0 unspecified atom stereocenters. The Bertz CT molecular complexity index is 380. The predicted molar refractivity (Wildman–Crippen MR) is 66.3 cm³/mol. The van der Waals surface area contributed by atoms with Gasteiger partial charge in [0.1, 0.15) is 0 Å². The van der Waals surface area contributed by atoms with Gasteiger partial charge in [-0.15, -0.1) is 0 Å². The number of carbonyl (C=O) groups is 2. The van der Waals surface area contributed by atoms with Gasteiger partial charge in [-0.3, -0.25) is 9.59 Å². The van der Waals surface area contributed by atoms with E-state index in [0.29, 0.717) is 25.7 Å². The molecule has 0 aliphatic heterocycles. The third-order valence-electron chi connectivity index (χ3n) is 3.85. The fourth-order valence-electron chi connectivity index (χ4n) is 2.54. The molecule has 1 rings (SSSR count). The molecule has 21 heavy (non-hydrogen) atoms. The van der Waals surface area contributed by atoms with E-state index in [-0.39, 0.29) is 0 Å². The van der Waals surface area contributed by atoms with Crippen molar-refractivity contribution in [3.63, 3.8) is 0 Å². The zero-order valence-corrected chi connectivity index (χ0v) is 11.5. The Morgan fingerprint density at radius 3 is 2.10 bits per heavy atom. The van der Waals surface area contributed by atoms with Crippen molar-refractivity contribution in [1.82, 2.24) is 5.32 Å². The molecular weight excluding hydrogens is 294 g/mol. The van der Waals surface area contributed by atoms with Crippen molar-refractivity contribution >= 4 is 11.9 Å². The Morgan fingerprint density at radius 1 is 1.14 bits per heavy atom. The highest BCUT2D eigenvalue weighted by Gasteiger charge is 2.43. The van der Waals surface area contributed by atoms with Crippen LogP contribution in [0.5, 0.6) is 0 Å². The van der Waals surface area contributed by atoms with E-state index in [1.54, 1.807) is 5.32 Å². The van der Waals surface area contributed by atoms with Crippen LogP contribution in [-0.2, 0) is 9.59 Å². The average molecular weight is 313 g/mol. The summed E-state index contributed by atoms with van der Waals surface area (Å²) in [6, 6.07) is 0. The number of carboxylic acid groups (broad SMARTS) is 1. The fraction of sp³-hybridized carbons (Fsp3) is 0.846. The molecule has 1 amide bonds. The lowest BCUT2D eigenvalue weighted by Gasteiger charge is -2.27. The molecule has 0 aromatic rings. The van der Waals surface area contributed by atoms with Crippen molar-refractivity contribution in [2.45, 2.75) is 57.3 Å². The molecule has 0 heterocycles. The highest BCUT2D eigenvalue weighted by Crippen LogP contribution is 2.38. The van der Waals surface area contributed by atoms with Crippen LogP contribution in [0.2, 0.25) is 0 Å². The van der Waals surface area contributed by atoms with Crippen molar-refractivity contribution in [3.8, 4) is 0 Å². The molecule has 8 heteroatoms. The number of aliphatic carboxylic acids is 1. The summed E-state index contributed by atoms with van der Waals surface area (Å²) in [6.45, 7) is -1.49. The summed E-state index contributed by atoms with van der Waals surface area (Å²) in [5.74, 6) is -6.38. The lowest BCUT2D eigenvalue weighted by Crippen LogP contribution is -2.44. The average Bonchev–Trinajstić information content (AvgIpc) is 2.63. The van der Waals surface area contributed by atoms with Crippen LogP contribution in [0.15, 0.2) is 0 Å². The number of halogens is 4. The Labute approximate surface area is 119 Å². The van der Waals surface area contributed by atoms with Gasteiger partial charge in [0.25, 0.3) is 0 Å². The second kappa shape index (κ2) is 7.09. The normalized spacial score (nSPS) is 19.1. The summed E-state index contributed by atoms with van der Waals surface area (Å²) >= 11 is 0. The maximum absolute atomic E-state index is 12.7. The van der Waals surface area contributed by atoms with Gasteiger partial charge in [0, 0.05) is 6.42 Å². The molecule has 4 nitrogen and oxygen atoms in total. The summed E-state index contributed by atoms with van der Waals surface area (Å²) in [5.41, 5.74) is -1.28. The summed E-state index contributed by atoms with van der Waals surface area (Å²) in [6.07, 6.45) is -0.729. The Kier molecular flexibility index (Phi) is 5.98. The minimum Gasteiger partial charge on any atom is -0.481 e. The highest BCUT2D eigenvalue weighted by atomic mass is 19.3. The number of hydrogen-bond acceptors (Lipinski definition) is 2. The lowest BCUT2D eigenvalue weighted by molar-refractivity contribution is -0.154. The summed E-state index contributed by atoms with van der Waals surface area (Å²) < 4.78 is 49.4. The first kappa shape index (κ1) is 17.7. The summed E-state index contributed by atoms with van der Waals surface area (Å²) in [5, 5.41) is 11.1. The van der Waals surface area contributed by atoms with Crippen molar-refractivity contribution in [2.24, 2.45) is 5.41 Å². The van der Waals surface area contributed by atoms with Gasteiger partial charge in [-0.1, -0.05) is 25.7 Å². The monoisotopic (exact) mass is 313 g/mol. The third kappa shape index (κ3) is 4.86. The maximum Gasteiger partial charge on any atom is 0.324 e. The first-order chi connectivity index (χ1) is 9.69. The number of rotatable bonds is 6. The quantitative estimate of drug-likeness (QED) is 0.585. The molecule has 0 saturated heterocycles. The topological polar surface area (TPSA) is 66.4 Å². The van der Waals surface area contributed by atoms with Crippen molar-refractivity contribution < 1.29 is 32.3 Å². The van der Waals surface area contributed by atoms with Crippen LogP contribution in [0.3, 0.4) is 0 Å². The maximum atomic E-state index is 12.7. The van der Waals surface area contributed by atoms with Gasteiger partial charge in [0.05, 0.1) is 12.0 Å². The van der Waals surface area contributed by atoms with E-state index < -0.39 is 42.6 Å². The van der Waals surface area contributed by atoms with Gasteiger partial charge in [0.15, 0.2) is 0 Å². The molecule has 1 aliphatic carbocycles. The number of alkyl halides is 4. The van der Waals surface area contributed by atoms with E-state index in [1.807, 2.05) is 0 Å². The zero-order valence-electron chi connectivity index (χ0n) is 11.5. The van der Waals surface area contributed by atoms with Gasteiger partial charge in [-0.25, -0.2) is 8.78 Å². The second-order valence-electron chi connectivity index (χ2n) is 5.51. The van der Waals surface area contributed by atoms with E-state index in [1.165, 1.54) is 0 Å². The Balaban J connectivity index is 2.63. The van der Waals surface area contributed by atoms with Gasteiger partial charge in [-0.05, 0) is 12.8 Å². The van der Waals surface area contributed by atoms with Gasteiger partial charge < -0.3 is 10.4 Å². The number of carboxylic acids is 1. The van der Waals surface area contributed by atoms with Crippen LogP contribution in [0.4, 0.5) is 17.6 Å². The predicted octanol–water partition coefficient (Wildman–Crippen LogP) is 2.82. The van der Waals surface area contributed by atoms with Crippen molar-refractivity contribution in [3.05, 3.63) is 0 Å². The van der Waals surface area contributed by atoms with E-state index >= 15 is 0 Å². The van der Waals surface area contributed by atoms with Crippen LogP contribution in [0.1, 0.15) is 44.9 Å². The van der Waals surface area contributed by atoms with E-state index in [9.17, 15) is 32.3 Å². The van der Waals surface area contributed by atoms with Crippen molar-refractivity contribution in [1.29, 1.82) is 0 Å². The third-order valence-corrected chi connectivity index (χ3v) is 3.85. The number of amides is 1. The molecule has 122 valence electrons. The Morgan fingerprint density at radius 2 is 1.67 bits per heavy atom. The standard InChI is InChI=1S/C13H19F4NO3/c14-10(15)13(16,17)8-18-9(19)7-12(11(20)21)5-3-1-2-4-6-12/h10H,1-8H2,(H,18,19)(H,20,21). The molecule has 2 N–H and O–H groups in total. The molecule has 1 aliphatic rings. The minimum absolute atomic E-state index is 0.293. The summed E-state index contributed by atoms with van der Waals surface area (Å²) in [4.78, 5) is 23.1.